The molecule has 0 aliphatic carbocycles. The average Bonchev–Trinajstić information content (AvgIpc) is 3.16. The molecule has 1 N–H and O–H groups in total. The first-order chi connectivity index (χ1) is 13.1. The van der Waals surface area contributed by atoms with E-state index in [0.717, 1.165) is 22.7 Å². The lowest BCUT2D eigenvalue weighted by molar-refractivity contribution is 0.340. The van der Waals surface area contributed by atoms with Crippen LogP contribution in [0.5, 0.6) is 5.75 Å². The van der Waals surface area contributed by atoms with E-state index in [-0.39, 0.29) is 5.71 Å². The van der Waals surface area contributed by atoms with Crippen LogP contribution in [-0.2, 0) is 0 Å². The number of benzene rings is 2. The summed E-state index contributed by atoms with van der Waals surface area (Å²) in [5.41, 5.74) is 8.21. The molecule has 0 atom stereocenters. The molecule has 6 heteroatoms. The van der Waals surface area contributed by atoms with Crippen LogP contribution in [0.4, 0.5) is 5.69 Å². The van der Waals surface area contributed by atoms with Gasteiger partial charge in [0.05, 0.1) is 18.0 Å². The first-order valence-electron chi connectivity index (χ1n) is 8.61. The quantitative estimate of drug-likeness (QED) is 0.476. The van der Waals surface area contributed by atoms with E-state index >= 15 is 0 Å². The fraction of sp³-hybridized carbons (Fsp3) is 0.190. The van der Waals surface area contributed by atoms with Crippen molar-refractivity contribution in [2.75, 3.05) is 12.0 Å². The average molecular weight is 376 g/mol. The van der Waals surface area contributed by atoms with E-state index < -0.39 is 0 Å². The smallest absolute Gasteiger partial charge is 0.196 e. The highest BCUT2D eigenvalue weighted by molar-refractivity contribution is 7.12. The maximum atomic E-state index is 9.46. The van der Waals surface area contributed by atoms with Crippen LogP contribution in [0.2, 0.25) is 0 Å². The molecule has 27 heavy (non-hydrogen) atoms. The first-order valence-corrected chi connectivity index (χ1v) is 9.49. The molecule has 0 unspecified atom stereocenters. The van der Waals surface area contributed by atoms with Gasteiger partial charge in [-0.25, -0.2) is 4.98 Å². The molecule has 3 rings (SSSR count). The van der Waals surface area contributed by atoms with Gasteiger partial charge in [0, 0.05) is 10.9 Å². The van der Waals surface area contributed by atoms with Gasteiger partial charge in [-0.2, -0.15) is 10.4 Å². The molecule has 0 saturated carbocycles. The summed E-state index contributed by atoms with van der Waals surface area (Å²) in [5.74, 6) is 0.827. The molecule has 0 fully saturated rings. The molecule has 136 valence electrons. The second-order valence-corrected chi connectivity index (χ2v) is 6.84. The summed E-state index contributed by atoms with van der Waals surface area (Å²) >= 11 is 1.40. The fourth-order valence-corrected chi connectivity index (χ4v) is 3.22. The SMILES string of the molecule is CCOc1ccc(-c2csc(C(C#N)=NNc3ccc(C)c(C)c3)n2)cc1. The largest absolute Gasteiger partial charge is 0.494 e. The zero-order chi connectivity index (χ0) is 19.2. The van der Waals surface area contributed by atoms with E-state index in [1.54, 1.807) is 0 Å². The van der Waals surface area contributed by atoms with Crippen molar-refractivity contribution in [2.24, 2.45) is 5.10 Å². The van der Waals surface area contributed by atoms with Gasteiger partial charge in [-0.15, -0.1) is 11.3 Å². The number of aromatic nitrogens is 1. The minimum atomic E-state index is 0.260. The van der Waals surface area contributed by atoms with Crippen molar-refractivity contribution in [1.29, 1.82) is 5.26 Å². The van der Waals surface area contributed by atoms with Crippen molar-refractivity contribution >= 4 is 22.7 Å². The topological polar surface area (TPSA) is 70.3 Å². The Bertz CT molecular complexity index is 1000. The van der Waals surface area contributed by atoms with E-state index in [4.69, 9.17) is 4.74 Å². The summed E-state index contributed by atoms with van der Waals surface area (Å²) in [5, 5.41) is 16.2. The molecule has 5 nitrogen and oxygen atoms in total. The molecule has 0 amide bonds. The van der Waals surface area contributed by atoms with Crippen LogP contribution in [0.1, 0.15) is 23.1 Å². The normalized spacial score (nSPS) is 11.1. The Hall–Kier alpha value is -3.17. The molecule has 0 radical (unpaired) electrons. The third kappa shape index (κ3) is 4.52. The number of hydrogen-bond acceptors (Lipinski definition) is 6. The summed E-state index contributed by atoms with van der Waals surface area (Å²) in [7, 11) is 0. The van der Waals surface area contributed by atoms with E-state index in [1.165, 1.54) is 22.5 Å². The predicted octanol–water partition coefficient (Wildman–Crippen LogP) is 5.17. The first kappa shape index (κ1) is 18.6. The molecule has 1 aromatic heterocycles. The highest BCUT2D eigenvalue weighted by Crippen LogP contribution is 2.25. The van der Waals surface area contributed by atoms with E-state index in [2.05, 4.69) is 28.5 Å². The maximum absolute atomic E-state index is 9.46. The van der Waals surface area contributed by atoms with E-state index in [9.17, 15) is 5.26 Å². The summed E-state index contributed by atoms with van der Waals surface area (Å²) in [6.45, 7) is 6.69. The summed E-state index contributed by atoms with van der Waals surface area (Å²) in [6.07, 6.45) is 0. The number of nitrogens with zero attached hydrogens (tertiary/aromatic N) is 3. The Morgan fingerprint density at radius 1 is 1.19 bits per heavy atom. The Kier molecular flexibility index (Phi) is 5.84. The van der Waals surface area contributed by atoms with Crippen LogP contribution in [-0.4, -0.2) is 17.3 Å². The van der Waals surface area contributed by atoms with Gasteiger partial charge in [0.25, 0.3) is 0 Å². The lowest BCUT2D eigenvalue weighted by Crippen LogP contribution is -2.01. The standard InChI is InChI=1S/C21H20N4OS/c1-4-26-18-9-6-16(7-10-18)20-13-27-21(23-20)19(12-22)25-24-17-8-5-14(2)15(3)11-17/h5-11,13,24H,4H2,1-3H3. The Balaban J connectivity index is 1.78. The Morgan fingerprint density at radius 2 is 1.96 bits per heavy atom. The van der Waals surface area contributed by atoms with Gasteiger partial charge in [-0.3, -0.25) is 5.43 Å². The number of ether oxygens (including phenoxy) is 1. The predicted molar refractivity (Wildman–Crippen MR) is 110 cm³/mol. The molecule has 0 bridgehead atoms. The Labute approximate surface area is 163 Å². The zero-order valence-corrected chi connectivity index (χ0v) is 16.3. The van der Waals surface area contributed by atoms with Crippen LogP contribution >= 0.6 is 11.3 Å². The number of aryl methyl sites for hydroxylation is 2. The van der Waals surface area contributed by atoms with Crippen LogP contribution in [0.3, 0.4) is 0 Å². The number of nitrogens with one attached hydrogen (secondary N) is 1. The maximum Gasteiger partial charge on any atom is 0.196 e. The number of hydrogen-bond donors (Lipinski definition) is 1. The van der Waals surface area contributed by atoms with Crippen molar-refractivity contribution < 1.29 is 4.74 Å². The minimum Gasteiger partial charge on any atom is -0.494 e. The van der Waals surface area contributed by atoms with Crippen LogP contribution in [0.15, 0.2) is 52.9 Å². The van der Waals surface area contributed by atoms with Crippen molar-refractivity contribution in [2.45, 2.75) is 20.8 Å². The minimum absolute atomic E-state index is 0.260. The van der Waals surface area contributed by atoms with Gasteiger partial charge in [0.2, 0.25) is 0 Å². The van der Waals surface area contributed by atoms with Crippen molar-refractivity contribution in [3.8, 4) is 23.1 Å². The highest BCUT2D eigenvalue weighted by Gasteiger charge is 2.11. The molecule has 2 aromatic carbocycles. The van der Waals surface area contributed by atoms with Crippen molar-refractivity contribution in [3.05, 3.63) is 64.0 Å². The summed E-state index contributed by atoms with van der Waals surface area (Å²) in [6, 6.07) is 15.8. The van der Waals surface area contributed by atoms with Gasteiger partial charge in [0.1, 0.15) is 11.8 Å². The molecule has 0 spiro atoms. The molecular formula is C21H20N4OS. The number of thiazole rings is 1. The third-order valence-corrected chi connectivity index (χ3v) is 4.93. The van der Waals surface area contributed by atoms with Crippen LogP contribution in [0, 0.1) is 25.2 Å². The molecule has 0 saturated heterocycles. The lowest BCUT2D eigenvalue weighted by atomic mass is 10.1. The second kappa shape index (κ2) is 8.47. The second-order valence-electron chi connectivity index (χ2n) is 5.98. The molecule has 3 aromatic rings. The summed E-state index contributed by atoms with van der Waals surface area (Å²) in [4.78, 5) is 4.56. The van der Waals surface area contributed by atoms with Crippen molar-refractivity contribution in [3.63, 3.8) is 0 Å². The van der Waals surface area contributed by atoms with E-state index in [0.29, 0.717) is 11.6 Å². The van der Waals surface area contributed by atoms with Gasteiger partial charge < -0.3 is 4.74 Å². The molecule has 0 aliphatic rings. The number of rotatable bonds is 6. The van der Waals surface area contributed by atoms with Gasteiger partial charge in [0.15, 0.2) is 10.7 Å². The third-order valence-electron chi connectivity index (χ3n) is 4.08. The monoisotopic (exact) mass is 376 g/mol. The molecule has 1 heterocycles. The molecule has 0 aliphatic heterocycles. The zero-order valence-electron chi connectivity index (χ0n) is 15.5. The Morgan fingerprint density at radius 3 is 2.63 bits per heavy atom. The van der Waals surface area contributed by atoms with E-state index in [1.807, 2.05) is 61.7 Å². The number of hydrazone groups is 1. The van der Waals surface area contributed by atoms with Crippen LogP contribution < -0.4 is 10.2 Å². The van der Waals surface area contributed by atoms with Crippen molar-refractivity contribution in [1.82, 2.24) is 4.98 Å². The summed E-state index contributed by atoms with van der Waals surface area (Å²) < 4.78 is 5.46. The fourth-order valence-electron chi connectivity index (χ4n) is 2.46. The number of nitriles is 1. The molecular weight excluding hydrogens is 356 g/mol. The lowest BCUT2D eigenvalue weighted by Gasteiger charge is -2.04. The highest BCUT2D eigenvalue weighted by atomic mass is 32.1. The van der Waals surface area contributed by atoms with Gasteiger partial charge in [-0.05, 0) is 68.3 Å². The number of anilines is 1. The van der Waals surface area contributed by atoms with Crippen LogP contribution in [0.25, 0.3) is 11.3 Å². The van der Waals surface area contributed by atoms with Gasteiger partial charge in [-0.1, -0.05) is 6.07 Å². The van der Waals surface area contributed by atoms with Gasteiger partial charge >= 0.3 is 0 Å².